The van der Waals surface area contributed by atoms with Crippen LogP contribution in [0.5, 0.6) is 0 Å². The van der Waals surface area contributed by atoms with Gasteiger partial charge in [-0.05, 0) is 0 Å². The summed E-state index contributed by atoms with van der Waals surface area (Å²) in [5.74, 6) is 0. The third-order valence-corrected chi connectivity index (χ3v) is 4.26. The summed E-state index contributed by atoms with van der Waals surface area (Å²) < 4.78 is 1.27. The van der Waals surface area contributed by atoms with Gasteiger partial charge in [-0.2, -0.15) is 0 Å². The zero-order valence-electron chi connectivity index (χ0n) is 6.84. The van der Waals surface area contributed by atoms with Crippen molar-refractivity contribution >= 4 is 30.6 Å². The first kappa shape index (κ1) is 9.35. The van der Waals surface area contributed by atoms with E-state index < -0.39 is 14.7 Å². The molecule has 1 rings (SSSR count). The molecule has 0 aliphatic heterocycles. The molecule has 0 bridgehead atoms. The third-order valence-electron chi connectivity index (χ3n) is 1.44. The van der Waals surface area contributed by atoms with E-state index >= 15 is 0 Å². The van der Waals surface area contributed by atoms with E-state index in [-0.39, 0.29) is 0 Å². The molecule has 60 valence electrons. The molecule has 0 aromatic heterocycles. The average Bonchev–Trinajstić information content (AvgIpc) is 1.93. The van der Waals surface area contributed by atoms with Gasteiger partial charge in [0.2, 0.25) is 0 Å². The SMILES string of the molecule is C[As](C)Cc1ccccc1Br. The van der Waals surface area contributed by atoms with E-state index in [1.165, 1.54) is 15.2 Å². The second-order valence-corrected chi connectivity index (χ2v) is 8.88. The van der Waals surface area contributed by atoms with Crippen molar-refractivity contribution in [1.29, 1.82) is 0 Å². The van der Waals surface area contributed by atoms with E-state index in [9.17, 15) is 0 Å². The van der Waals surface area contributed by atoms with Gasteiger partial charge in [-0.25, -0.2) is 0 Å². The summed E-state index contributed by atoms with van der Waals surface area (Å²) in [6.07, 6.45) is 0. The van der Waals surface area contributed by atoms with Gasteiger partial charge in [0.25, 0.3) is 0 Å². The Bertz CT molecular complexity index is 233. The fraction of sp³-hybridized carbons (Fsp3) is 0.333. The first-order chi connectivity index (χ1) is 5.20. The molecular weight excluding hydrogens is 263 g/mol. The molecule has 0 N–H and O–H groups in total. The Morgan fingerprint density at radius 3 is 2.45 bits per heavy atom. The van der Waals surface area contributed by atoms with Crippen LogP contribution in [0.3, 0.4) is 0 Å². The van der Waals surface area contributed by atoms with Crippen LogP contribution in [0.4, 0.5) is 0 Å². The second kappa shape index (κ2) is 4.33. The maximum absolute atomic E-state index is 3.55. The van der Waals surface area contributed by atoms with Gasteiger partial charge >= 0.3 is 81.5 Å². The molecule has 1 aromatic rings. The van der Waals surface area contributed by atoms with Crippen LogP contribution in [0.15, 0.2) is 28.7 Å². The van der Waals surface area contributed by atoms with Crippen molar-refractivity contribution in [2.45, 2.75) is 16.6 Å². The number of benzene rings is 1. The van der Waals surface area contributed by atoms with Crippen molar-refractivity contribution in [3.05, 3.63) is 34.3 Å². The van der Waals surface area contributed by atoms with Crippen LogP contribution in [-0.4, -0.2) is 14.7 Å². The molecule has 0 fully saturated rings. The van der Waals surface area contributed by atoms with Crippen molar-refractivity contribution in [1.82, 2.24) is 0 Å². The van der Waals surface area contributed by atoms with Gasteiger partial charge in [-0.3, -0.25) is 0 Å². The van der Waals surface area contributed by atoms with Gasteiger partial charge in [-0.1, -0.05) is 0 Å². The molecule has 11 heavy (non-hydrogen) atoms. The van der Waals surface area contributed by atoms with E-state index in [4.69, 9.17) is 0 Å². The zero-order chi connectivity index (χ0) is 8.27. The Balaban J connectivity index is 2.78. The van der Waals surface area contributed by atoms with Gasteiger partial charge < -0.3 is 0 Å². The number of halogens is 1. The first-order valence-corrected chi connectivity index (χ1v) is 9.45. The van der Waals surface area contributed by atoms with Crippen LogP contribution in [0.1, 0.15) is 5.56 Å². The number of hydrogen-bond donors (Lipinski definition) is 0. The normalized spacial score (nSPS) is 10.5. The minimum absolute atomic E-state index is 0.514. The van der Waals surface area contributed by atoms with E-state index in [0.717, 1.165) is 0 Å². The monoisotopic (exact) mass is 274 g/mol. The summed E-state index contributed by atoms with van der Waals surface area (Å²) in [7, 11) is 0. The standard InChI is InChI=1S/C9H12AsBr/c1-10(2)7-8-5-3-4-6-9(8)11/h3-6H,7H2,1-2H3. The van der Waals surface area contributed by atoms with Crippen LogP contribution < -0.4 is 0 Å². The van der Waals surface area contributed by atoms with Gasteiger partial charge in [0.05, 0.1) is 0 Å². The first-order valence-electron chi connectivity index (χ1n) is 3.58. The molecule has 0 radical (unpaired) electrons. The molecule has 0 aliphatic carbocycles. The zero-order valence-corrected chi connectivity index (χ0v) is 10.3. The molecule has 0 unspecified atom stereocenters. The van der Waals surface area contributed by atoms with Crippen molar-refractivity contribution in [3.63, 3.8) is 0 Å². The van der Waals surface area contributed by atoms with Crippen molar-refractivity contribution in [3.8, 4) is 0 Å². The minimum atomic E-state index is -0.514. The summed E-state index contributed by atoms with van der Waals surface area (Å²) in [5.41, 5.74) is 6.23. The van der Waals surface area contributed by atoms with Crippen molar-refractivity contribution in [2.24, 2.45) is 0 Å². The van der Waals surface area contributed by atoms with E-state index in [1.807, 2.05) is 0 Å². The third kappa shape index (κ3) is 3.01. The molecule has 0 saturated carbocycles. The fourth-order valence-corrected chi connectivity index (χ4v) is 3.87. The average molecular weight is 275 g/mol. The second-order valence-electron chi connectivity index (χ2n) is 2.83. The topological polar surface area (TPSA) is 0 Å². The Morgan fingerprint density at radius 1 is 1.27 bits per heavy atom. The van der Waals surface area contributed by atoms with E-state index in [0.29, 0.717) is 0 Å². The van der Waals surface area contributed by atoms with Gasteiger partial charge in [0.15, 0.2) is 0 Å². The molecule has 0 saturated heterocycles. The van der Waals surface area contributed by atoms with Crippen LogP contribution in [-0.2, 0) is 5.21 Å². The molecule has 0 atom stereocenters. The molecule has 0 amide bonds. The Hall–Kier alpha value is 0.258. The molecule has 0 nitrogen and oxygen atoms in total. The number of rotatable bonds is 2. The maximum atomic E-state index is 3.55. The molecule has 2 heteroatoms. The van der Waals surface area contributed by atoms with Crippen LogP contribution >= 0.6 is 15.9 Å². The fourth-order valence-electron chi connectivity index (χ4n) is 0.967. The summed E-state index contributed by atoms with van der Waals surface area (Å²) >= 11 is 3.03. The van der Waals surface area contributed by atoms with Gasteiger partial charge in [0, 0.05) is 0 Å². The summed E-state index contributed by atoms with van der Waals surface area (Å²) in [6, 6.07) is 8.50. The predicted molar refractivity (Wildman–Crippen MR) is 55.3 cm³/mol. The predicted octanol–water partition coefficient (Wildman–Crippen LogP) is 3.29. The molecule has 1 aromatic carbocycles. The molecule has 0 heterocycles. The van der Waals surface area contributed by atoms with Gasteiger partial charge in [-0.15, -0.1) is 0 Å². The summed E-state index contributed by atoms with van der Waals surface area (Å²) in [6.45, 7) is 0. The van der Waals surface area contributed by atoms with E-state index in [2.05, 4.69) is 51.6 Å². The van der Waals surface area contributed by atoms with Crippen molar-refractivity contribution < 1.29 is 0 Å². The van der Waals surface area contributed by atoms with Crippen LogP contribution in [0.2, 0.25) is 11.4 Å². The quantitative estimate of drug-likeness (QED) is 0.726. The van der Waals surface area contributed by atoms with Crippen molar-refractivity contribution in [2.75, 3.05) is 0 Å². The molecule has 0 spiro atoms. The molecule has 0 aliphatic rings. The van der Waals surface area contributed by atoms with Gasteiger partial charge in [0.1, 0.15) is 0 Å². The van der Waals surface area contributed by atoms with Crippen LogP contribution in [0, 0.1) is 0 Å². The van der Waals surface area contributed by atoms with Crippen LogP contribution in [0.25, 0.3) is 0 Å². The Morgan fingerprint density at radius 2 is 1.91 bits per heavy atom. The Kier molecular flexibility index (Phi) is 3.68. The Labute approximate surface area is 81.4 Å². The van der Waals surface area contributed by atoms with E-state index in [1.54, 1.807) is 0 Å². The summed E-state index contributed by atoms with van der Waals surface area (Å²) in [5, 5.41) is 1.30. The molecular formula is C9H12AsBr. The summed E-state index contributed by atoms with van der Waals surface area (Å²) in [4.78, 5) is 0. The number of hydrogen-bond acceptors (Lipinski definition) is 0.